The standard InChI is InChI=1S/C14H11N3O5/c15-11(10(13(19)20)14(21)22)9-5-8(6-17-12(9)18)7-1-3-16-4-2-7/h1-6H,15H2,(H,17,18)(H,19,20)(H,21,22). The number of nitrogens with two attached hydrogens (primary N) is 1. The maximum atomic E-state index is 11.8. The van der Waals surface area contributed by atoms with Crippen molar-refractivity contribution in [1.82, 2.24) is 9.97 Å². The van der Waals surface area contributed by atoms with Crippen LogP contribution in [0.1, 0.15) is 5.56 Å². The van der Waals surface area contributed by atoms with Crippen molar-refractivity contribution in [2.75, 3.05) is 0 Å². The number of carboxylic acid groups (broad SMARTS) is 2. The minimum Gasteiger partial charge on any atom is -0.477 e. The van der Waals surface area contributed by atoms with Gasteiger partial charge in [-0.1, -0.05) is 0 Å². The Morgan fingerprint density at radius 2 is 1.68 bits per heavy atom. The van der Waals surface area contributed by atoms with Gasteiger partial charge in [0.15, 0.2) is 5.57 Å². The van der Waals surface area contributed by atoms with E-state index in [9.17, 15) is 14.4 Å². The Balaban J connectivity index is 2.66. The van der Waals surface area contributed by atoms with Crippen molar-refractivity contribution >= 4 is 17.6 Å². The molecule has 2 heterocycles. The third kappa shape index (κ3) is 2.85. The number of H-pyrrole nitrogens is 1. The number of nitrogens with zero attached hydrogens (tertiary/aromatic N) is 1. The Morgan fingerprint density at radius 1 is 1.09 bits per heavy atom. The number of carboxylic acids is 2. The van der Waals surface area contributed by atoms with Crippen LogP contribution in [0.5, 0.6) is 0 Å². The number of aliphatic carboxylic acids is 2. The van der Waals surface area contributed by atoms with Crippen LogP contribution in [0.25, 0.3) is 16.8 Å². The van der Waals surface area contributed by atoms with Crippen LogP contribution in [-0.2, 0) is 9.59 Å². The van der Waals surface area contributed by atoms with Gasteiger partial charge in [-0.05, 0) is 29.3 Å². The second-order valence-corrected chi connectivity index (χ2v) is 4.27. The van der Waals surface area contributed by atoms with E-state index in [1.807, 2.05) is 0 Å². The highest BCUT2D eigenvalue weighted by Crippen LogP contribution is 2.20. The molecule has 22 heavy (non-hydrogen) atoms. The first-order chi connectivity index (χ1) is 10.4. The molecule has 2 aromatic heterocycles. The molecule has 0 radical (unpaired) electrons. The maximum Gasteiger partial charge on any atom is 0.345 e. The van der Waals surface area contributed by atoms with Gasteiger partial charge in [-0.3, -0.25) is 9.78 Å². The first-order valence-electron chi connectivity index (χ1n) is 6.01. The van der Waals surface area contributed by atoms with Crippen LogP contribution in [0.3, 0.4) is 0 Å². The summed E-state index contributed by atoms with van der Waals surface area (Å²) in [6.07, 6.45) is 4.49. The van der Waals surface area contributed by atoms with Gasteiger partial charge in [0.25, 0.3) is 5.56 Å². The number of hydrogen-bond acceptors (Lipinski definition) is 5. The van der Waals surface area contributed by atoms with E-state index in [1.54, 1.807) is 24.5 Å². The van der Waals surface area contributed by atoms with E-state index in [0.717, 1.165) is 0 Å². The molecule has 0 aliphatic rings. The average Bonchev–Trinajstić information content (AvgIpc) is 2.47. The molecule has 2 aromatic rings. The molecule has 8 heteroatoms. The lowest BCUT2D eigenvalue weighted by atomic mass is 10.0. The lowest BCUT2D eigenvalue weighted by molar-refractivity contribution is -0.140. The van der Waals surface area contributed by atoms with E-state index >= 15 is 0 Å². The quantitative estimate of drug-likeness (QED) is 0.360. The highest BCUT2D eigenvalue weighted by Gasteiger charge is 2.23. The highest BCUT2D eigenvalue weighted by molar-refractivity contribution is 6.18. The Bertz CT molecular complexity index is 808. The Hall–Kier alpha value is -3.42. The van der Waals surface area contributed by atoms with E-state index in [-0.39, 0.29) is 5.56 Å². The second-order valence-electron chi connectivity index (χ2n) is 4.27. The van der Waals surface area contributed by atoms with Crippen LogP contribution in [0.15, 0.2) is 47.2 Å². The fourth-order valence-electron chi connectivity index (χ4n) is 1.85. The van der Waals surface area contributed by atoms with Crippen LogP contribution in [0.4, 0.5) is 0 Å². The van der Waals surface area contributed by atoms with Crippen molar-refractivity contribution in [3.05, 3.63) is 58.3 Å². The Kier molecular flexibility index (Phi) is 4.03. The van der Waals surface area contributed by atoms with Crippen molar-refractivity contribution in [1.29, 1.82) is 0 Å². The number of aromatic amines is 1. The predicted octanol–water partition coefficient (Wildman–Crippen LogP) is 0.276. The maximum absolute atomic E-state index is 11.8. The summed E-state index contributed by atoms with van der Waals surface area (Å²) in [6.45, 7) is 0. The largest absolute Gasteiger partial charge is 0.477 e. The third-order valence-corrected chi connectivity index (χ3v) is 2.90. The SMILES string of the molecule is NC(=C(C(=O)O)C(=O)O)c1cc(-c2ccncc2)c[nH]c1=O. The smallest absolute Gasteiger partial charge is 0.345 e. The number of carbonyl (C=O) groups is 2. The number of aromatic nitrogens is 2. The molecule has 0 fully saturated rings. The molecule has 0 bridgehead atoms. The van der Waals surface area contributed by atoms with Crippen LogP contribution < -0.4 is 11.3 Å². The zero-order chi connectivity index (χ0) is 16.3. The van der Waals surface area contributed by atoms with E-state index in [1.165, 1.54) is 12.3 Å². The Morgan fingerprint density at radius 3 is 2.23 bits per heavy atom. The molecule has 0 spiro atoms. The predicted molar refractivity (Wildman–Crippen MR) is 76.7 cm³/mol. The van der Waals surface area contributed by atoms with Gasteiger partial charge < -0.3 is 20.9 Å². The van der Waals surface area contributed by atoms with Gasteiger partial charge in [0, 0.05) is 18.6 Å². The van der Waals surface area contributed by atoms with Gasteiger partial charge in [-0.2, -0.15) is 0 Å². The minimum absolute atomic E-state index is 0.228. The molecule has 0 aromatic carbocycles. The van der Waals surface area contributed by atoms with E-state index in [2.05, 4.69) is 9.97 Å². The van der Waals surface area contributed by atoms with E-state index < -0.39 is 28.8 Å². The van der Waals surface area contributed by atoms with Gasteiger partial charge in [-0.15, -0.1) is 0 Å². The molecule has 0 unspecified atom stereocenters. The van der Waals surface area contributed by atoms with Crippen LogP contribution in [0, 0.1) is 0 Å². The summed E-state index contributed by atoms with van der Waals surface area (Å²) in [4.78, 5) is 40.1. The summed E-state index contributed by atoms with van der Waals surface area (Å²) in [5.41, 5.74) is 4.23. The molecule has 0 aliphatic heterocycles. The second kappa shape index (κ2) is 5.92. The molecule has 0 atom stereocenters. The van der Waals surface area contributed by atoms with Crippen molar-refractivity contribution in [3.63, 3.8) is 0 Å². The molecule has 0 saturated carbocycles. The molecule has 112 valence electrons. The first-order valence-corrected chi connectivity index (χ1v) is 6.01. The summed E-state index contributed by atoms with van der Waals surface area (Å²) in [6, 6.07) is 4.68. The lowest BCUT2D eigenvalue weighted by Gasteiger charge is -2.07. The molecular formula is C14H11N3O5. The zero-order valence-electron chi connectivity index (χ0n) is 11.1. The number of nitrogens with one attached hydrogen (secondary N) is 1. The number of hydrogen-bond donors (Lipinski definition) is 4. The third-order valence-electron chi connectivity index (χ3n) is 2.90. The molecule has 2 rings (SSSR count). The number of rotatable bonds is 4. The molecule has 0 amide bonds. The molecule has 0 aliphatic carbocycles. The fraction of sp³-hybridized carbons (Fsp3) is 0. The summed E-state index contributed by atoms with van der Waals surface area (Å²) in [7, 11) is 0. The first kappa shape index (κ1) is 15.0. The van der Waals surface area contributed by atoms with Gasteiger partial charge in [0.2, 0.25) is 0 Å². The van der Waals surface area contributed by atoms with Gasteiger partial charge in [0.1, 0.15) is 0 Å². The molecule has 8 nitrogen and oxygen atoms in total. The lowest BCUT2D eigenvalue weighted by Crippen LogP contribution is -2.22. The monoisotopic (exact) mass is 301 g/mol. The van der Waals surface area contributed by atoms with Crippen LogP contribution in [-0.4, -0.2) is 32.1 Å². The van der Waals surface area contributed by atoms with Gasteiger partial charge in [-0.25, -0.2) is 9.59 Å². The fourth-order valence-corrected chi connectivity index (χ4v) is 1.85. The number of pyridine rings is 2. The van der Waals surface area contributed by atoms with Gasteiger partial charge >= 0.3 is 11.9 Å². The normalized spacial score (nSPS) is 10.0. The van der Waals surface area contributed by atoms with Crippen molar-refractivity contribution in [2.24, 2.45) is 5.73 Å². The zero-order valence-corrected chi connectivity index (χ0v) is 11.1. The summed E-state index contributed by atoms with van der Waals surface area (Å²) < 4.78 is 0. The van der Waals surface area contributed by atoms with Crippen LogP contribution >= 0.6 is 0 Å². The summed E-state index contributed by atoms with van der Waals surface area (Å²) >= 11 is 0. The molecule has 5 N–H and O–H groups in total. The summed E-state index contributed by atoms with van der Waals surface area (Å²) in [5, 5.41) is 17.8. The highest BCUT2D eigenvalue weighted by atomic mass is 16.4. The minimum atomic E-state index is -1.72. The van der Waals surface area contributed by atoms with Crippen molar-refractivity contribution in [2.45, 2.75) is 0 Å². The van der Waals surface area contributed by atoms with E-state index in [4.69, 9.17) is 15.9 Å². The molecule has 0 saturated heterocycles. The van der Waals surface area contributed by atoms with Crippen molar-refractivity contribution < 1.29 is 19.8 Å². The van der Waals surface area contributed by atoms with E-state index in [0.29, 0.717) is 11.1 Å². The van der Waals surface area contributed by atoms with Crippen LogP contribution in [0.2, 0.25) is 0 Å². The molecular weight excluding hydrogens is 290 g/mol. The van der Waals surface area contributed by atoms with Crippen molar-refractivity contribution in [3.8, 4) is 11.1 Å². The summed E-state index contributed by atoms with van der Waals surface area (Å²) in [5.74, 6) is -3.45. The average molecular weight is 301 g/mol. The Labute approximate surface area is 123 Å². The van der Waals surface area contributed by atoms with Gasteiger partial charge in [0.05, 0.1) is 11.3 Å². The topological polar surface area (TPSA) is 146 Å².